The van der Waals surface area contributed by atoms with E-state index in [-0.39, 0.29) is 31.0 Å². The van der Waals surface area contributed by atoms with Crippen LogP contribution < -0.4 is 25.4 Å². The number of likely N-dealkylation sites (tertiary alicyclic amines) is 1. The Bertz CT molecular complexity index is 2120. The number of carboxylic acids is 1. The number of thiazole rings is 1. The molecule has 1 saturated heterocycles. The molecule has 7 rings (SSSR count). The van der Waals surface area contributed by atoms with E-state index in [2.05, 4.69) is 16.0 Å². The van der Waals surface area contributed by atoms with Gasteiger partial charge < -0.3 is 45.1 Å². The van der Waals surface area contributed by atoms with Crippen molar-refractivity contribution < 1.29 is 38.5 Å². The average molecular weight is 868 g/mol. The third-order valence-electron chi connectivity index (χ3n) is 12.1. The van der Waals surface area contributed by atoms with Gasteiger partial charge in [0.2, 0.25) is 11.8 Å². The molecule has 60 heavy (non-hydrogen) atoms. The summed E-state index contributed by atoms with van der Waals surface area (Å²) in [5.41, 5.74) is -0.675. The van der Waals surface area contributed by atoms with Crippen LogP contribution in [0.15, 0.2) is 23.6 Å². The van der Waals surface area contributed by atoms with Crippen LogP contribution in [-0.4, -0.2) is 118 Å². The number of nitrogens with zero attached hydrogens (tertiary/aromatic N) is 4. The van der Waals surface area contributed by atoms with Gasteiger partial charge in [-0.15, -0.1) is 11.3 Å². The highest BCUT2D eigenvalue weighted by molar-refractivity contribution is 7.14. The number of halogens is 1. The fourth-order valence-electron chi connectivity index (χ4n) is 8.61. The number of benzene rings is 1. The van der Waals surface area contributed by atoms with Crippen molar-refractivity contribution in [1.29, 1.82) is 0 Å². The molecule has 0 spiro atoms. The van der Waals surface area contributed by atoms with E-state index in [0.717, 1.165) is 18.0 Å². The Balaban J connectivity index is 1.21. The fourth-order valence-corrected chi connectivity index (χ4v) is 9.73. The standard InChI is InChI=1S/C43H58ClN7O8S/c1-9-25-19-43(25,39(54)55)49-37(52)31-17-27(20-51(31)38(53)36(42(4,5)6)48-41(56)59-26-15-23-14-24(23)16-26)58-33-18-29(30-21-60-40(47-30)45-22(2)3)46-35-28(33)10-11-32(34(35)44)57-13-12-50(7)8/h10-11,18,21-27,31,36H,9,12-17,19-20H2,1-8H3,(H,45,47)(H,48,56)(H,49,52)(H,54,55)/t23-,24+,25-,26+,27-,31+,36-,43?/m1/s1. The first-order valence-electron chi connectivity index (χ1n) is 21.0. The molecule has 1 aliphatic heterocycles. The number of carbonyl (C=O) groups is 4. The van der Waals surface area contributed by atoms with Crippen molar-refractivity contribution >= 4 is 62.8 Å². The van der Waals surface area contributed by atoms with Crippen LogP contribution in [-0.2, 0) is 19.1 Å². The minimum atomic E-state index is -1.41. The lowest BCUT2D eigenvalue weighted by Crippen LogP contribution is -2.59. The number of hydrogen-bond acceptors (Lipinski definition) is 12. The molecule has 3 amide bonds. The maximum atomic E-state index is 14.8. The molecule has 1 aromatic carbocycles. The summed E-state index contributed by atoms with van der Waals surface area (Å²) < 4.78 is 18.6. The lowest BCUT2D eigenvalue weighted by atomic mass is 9.85. The Kier molecular flexibility index (Phi) is 12.5. The molecular formula is C43H58ClN7O8S. The van der Waals surface area contributed by atoms with Gasteiger partial charge in [0.15, 0.2) is 5.13 Å². The number of nitrogens with one attached hydrogen (secondary N) is 3. The molecule has 4 N–H and O–H groups in total. The second-order valence-corrected chi connectivity index (χ2v) is 19.8. The summed E-state index contributed by atoms with van der Waals surface area (Å²) in [5, 5.41) is 22.7. The lowest BCUT2D eigenvalue weighted by molar-refractivity contribution is -0.146. The number of hydrogen-bond donors (Lipinski definition) is 4. The van der Waals surface area contributed by atoms with Gasteiger partial charge in [-0.2, -0.15) is 0 Å². The number of rotatable bonds is 16. The zero-order valence-corrected chi connectivity index (χ0v) is 37.2. The van der Waals surface area contributed by atoms with Crippen LogP contribution in [0.25, 0.3) is 22.3 Å². The quantitative estimate of drug-likeness (QED) is 0.124. The Hall–Kier alpha value is -4.41. The molecule has 15 nitrogen and oxygen atoms in total. The molecule has 3 aromatic rings. The predicted octanol–water partition coefficient (Wildman–Crippen LogP) is 6.43. The molecule has 3 heterocycles. The van der Waals surface area contributed by atoms with E-state index >= 15 is 0 Å². The number of alkyl carbamates (subject to hydrolysis) is 1. The molecule has 2 aromatic heterocycles. The molecule has 17 heteroatoms. The topological polar surface area (TPSA) is 185 Å². The summed E-state index contributed by atoms with van der Waals surface area (Å²) >= 11 is 8.46. The maximum absolute atomic E-state index is 14.8. The van der Waals surface area contributed by atoms with Gasteiger partial charge in [-0.05, 0) is 88.9 Å². The minimum absolute atomic E-state index is 0.0265. The monoisotopic (exact) mass is 867 g/mol. The molecule has 8 atom stereocenters. The largest absolute Gasteiger partial charge is 0.491 e. The summed E-state index contributed by atoms with van der Waals surface area (Å²) in [6.45, 7) is 12.5. The number of aromatic nitrogens is 2. The first-order chi connectivity index (χ1) is 28.4. The molecule has 0 radical (unpaired) electrons. The highest BCUT2D eigenvalue weighted by atomic mass is 35.5. The number of carboxylic acid groups (broad SMARTS) is 1. The molecule has 326 valence electrons. The second-order valence-electron chi connectivity index (χ2n) is 18.5. The highest BCUT2D eigenvalue weighted by Crippen LogP contribution is 2.52. The third kappa shape index (κ3) is 9.40. The number of fused-ring (bicyclic) bond motifs is 2. The smallest absolute Gasteiger partial charge is 0.408 e. The highest BCUT2D eigenvalue weighted by Gasteiger charge is 2.61. The van der Waals surface area contributed by atoms with Crippen molar-refractivity contribution in [3.63, 3.8) is 0 Å². The van der Waals surface area contributed by atoms with Gasteiger partial charge in [-0.25, -0.2) is 19.6 Å². The zero-order valence-electron chi connectivity index (χ0n) is 35.7. The Morgan fingerprint density at radius 3 is 2.42 bits per heavy atom. The first-order valence-corrected chi connectivity index (χ1v) is 22.3. The predicted molar refractivity (Wildman–Crippen MR) is 230 cm³/mol. The lowest BCUT2D eigenvalue weighted by Gasteiger charge is -2.35. The van der Waals surface area contributed by atoms with Crippen molar-refractivity contribution in [2.45, 2.75) is 116 Å². The van der Waals surface area contributed by atoms with Crippen molar-refractivity contribution in [2.24, 2.45) is 23.2 Å². The summed E-state index contributed by atoms with van der Waals surface area (Å²) in [7, 11) is 3.91. The van der Waals surface area contributed by atoms with Crippen LogP contribution in [0.4, 0.5) is 9.93 Å². The van der Waals surface area contributed by atoms with Gasteiger partial charge in [-0.1, -0.05) is 45.7 Å². The Labute approximate surface area is 360 Å². The normalized spacial score (nSPS) is 26.1. The number of carbonyl (C=O) groups excluding carboxylic acids is 3. The summed E-state index contributed by atoms with van der Waals surface area (Å²) in [6.07, 6.45) is 2.14. The number of likely N-dealkylation sites (N-methyl/N-ethyl adjacent to an activating group) is 1. The number of aliphatic carboxylic acids is 1. The van der Waals surface area contributed by atoms with E-state index in [4.69, 9.17) is 35.8 Å². The van der Waals surface area contributed by atoms with Crippen LogP contribution in [0.5, 0.6) is 11.5 Å². The summed E-state index contributed by atoms with van der Waals surface area (Å²) in [5.74, 6) is -0.373. The van der Waals surface area contributed by atoms with E-state index in [0.29, 0.717) is 76.6 Å². The van der Waals surface area contributed by atoms with Gasteiger partial charge in [0, 0.05) is 35.8 Å². The van der Waals surface area contributed by atoms with Crippen LogP contribution in [0, 0.1) is 23.2 Å². The van der Waals surface area contributed by atoms with Gasteiger partial charge in [-0.3, -0.25) is 9.59 Å². The van der Waals surface area contributed by atoms with Gasteiger partial charge in [0.1, 0.15) is 58.7 Å². The Morgan fingerprint density at radius 2 is 1.78 bits per heavy atom. The number of pyridine rings is 1. The molecule has 0 bridgehead atoms. The Morgan fingerprint density at radius 1 is 1.05 bits per heavy atom. The molecule has 3 aliphatic carbocycles. The molecule has 1 unspecified atom stereocenters. The van der Waals surface area contributed by atoms with Crippen molar-refractivity contribution in [2.75, 3.05) is 39.1 Å². The van der Waals surface area contributed by atoms with E-state index in [1.165, 1.54) is 22.7 Å². The summed E-state index contributed by atoms with van der Waals surface area (Å²) in [6, 6.07) is 3.36. The molecule has 4 aliphatic rings. The van der Waals surface area contributed by atoms with E-state index in [1.54, 1.807) is 12.1 Å². The van der Waals surface area contributed by atoms with Crippen molar-refractivity contribution in [3.05, 3.63) is 28.6 Å². The molecular weight excluding hydrogens is 810 g/mol. The van der Waals surface area contributed by atoms with Crippen molar-refractivity contribution in [3.8, 4) is 22.9 Å². The fraction of sp³-hybridized carbons (Fsp3) is 0.628. The van der Waals surface area contributed by atoms with E-state index < -0.39 is 53.0 Å². The third-order valence-corrected chi connectivity index (χ3v) is 13.3. The van der Waals surface area contributed by atoms with E-state index in [1.807, 2.05) is 72.0 Å². The molecule has 3 saturated carbocycles. The SMILES string of the molecule is CC[C@@H]1CC1(NC(=O)[C@@H]1C[C@@H](Oc2cc(-c3csc(NC(C)C)n3)nc3c(Cl)c(OCCN(C)C)ccc23)CN1C(=O)[C@@H](NC(=O)O[C@@H]1C[C@@H]2C[C@@H]2C1)C(C)(C)C)C(=O)O. The van der Waals surface area contributed by atoms with Gasteiger partial charge >= 0.3 is 12.1 Å². The zero-order chi connectivity index (χ0) is 43.3. The average Bonchev–Trinajstić information content (AvgIpc) is 3.84. The second kappa shape index (κ2) is 17.2. The molecule has 4 fully saturated rings. The van der Waals surface area contributed by atoms with Crippen molar-refractivity contribution in [1.82, 2.24) is 30.4 Å². The van der Waals surface area contributed by atoms with E-state index in [9.17, 15) is 24.3 Å². The van der Waals surface area contributed by atoms with Crippen LogP contribution in [0.2, 0.25) is 5.02 Å². The summed E-state index contributed by atoms with van der Waals surface area (Å²) in [4.78, 5) is 68.0. The number of anilines is 1. The maximum Gasteiger partial charge on any atom is 0.408 e. The minimum Gasteiger partial charge on any atom is -0.491 e. The van der Waals surface area contributed by atoms with Gasteiger partial charge in [0.25, 0.3) is 0 Å². The van der Waals surface area contributed by atoms with Crippen LogP contribution in [0.3, 0.4) is 0 Å². The van der Waals surface area contributed by atoms with Crippen LogP contribution >= 0.6 is 22.9 Å². The van der Waals surface area contributed by atoms with Crippen LogP contribution in [0.1, 0.15) is 80.1 Å². The number of ether oxygens (including phenoxy) is 3. The first kappa shape index (κ1) is 43.7. The van der Waals surface area contributed by atoms with Gasteiger partial charge in [0.05, 0.1) is 17.8 Å². The number of amides is 3.